The monoisotopic (exact) mass is 425 g/mol. The highest BCUT2D eigenvalue weighted by atomic mass is 19.1. The maximum absolute atomic E-state index is 13.3. The molecule has 1 amide bonds. The van der Waals surface area contributed by atoms with Gasteiger partial charge in [-0.2, -0.15) is 0 Å². The van der Waals surface area contributed by atoms with E-state index in [-0.39, 0.29) is 17.3 Å². The first-order valence-corrected chi connectivity index (χ1v) is 9.73. The summed E-state index contributed by atoms with van der Waals surface area (Å²) in [7, 11) is 1.32. The predicted octanol–water partition coefficient (Wildman–Crippen LogP) is 1.21. The van der Waals surface area contributed by atoms with E-state index in [1.807, 2.05) is 0 Å². The number of hydrogen-bond acceptors (Lipinski definition) is 6. The molecule has 1 aromatic carbocycles. The van der Waals surface area contributed by atoms with Crippen molar-refractivity contribution in [1.29, 1.82) is 0 Å². The Morgan fingerprint density at radius 1 is 1.26 bits per heavy atom. The second kappa shape index (κ2) is 8.50. The number of likely N-dealkylation sites (tertiary alicyclic amines) is 1. The molecular weight excluding hydrogens is 405 g/mol. The Labute approximate surface area is 176 Å². The van der Waals surface area contributed by atoms with Crippen LogP contribution in [0.5, 0.6) is 5.88 Å². The normalized spacial score (nSPS) is 15.8. The van der Waals surface area contributed by atoms with Crippen LogP contribution in [-0.2, 0) is 7.05 Å². The second-order valence-electron chi connectivity index (χ2n) is 7.36. The van der Waals surface area contributed by atoms with E-state index >= 15 is 0 Å². The maximum Gasteiger partial charge on any atom is 0.328 e. The molecule has 10 heteroatoms. The van der Waals surface area contributed by atoms with Crippen molar-refractivity contribution in [3.63, 3.8) is 0 Å². The Kier molecular flexibility index (Phi) is 5.61. The number of aromatic nitrogens is 4. The van der Waals surface area contributed by atoms with Gasteiger partial charge in [-0.3, -0.25) is 14.2 Å². The summed E-state index contributed by atoms with van der Waals surface area (Å²) < 4.78 is 19.9. The fourth-order valence-electron chi connectivity index (χ4n) is 3.44. The SMILES string of the molecule is Cn1c(=O)[nH]cc(C(=O)N2CCC(COc3ccc(-c4cccc(F)c4)nn3)C2)c1=O. The summed E-state index contributed by atoms with van der Waals surface area (Å²) in [5, 5.41) is 8.09. The van der Waals surface area contributed by atoms with Crippen molar-refractivity contribution in [3.05, 3.63) is 74.8 Å². The number of carbonyl (C=O) groups is 1. The van der Waals surface area contributed by atoms with Gasteiger partial charge < -0.3 is 14.6 Å². The summed E-state index contributed by atoms with van der Waals surface area (Å²) in [5.74, 6) is -0.363. The quantitative estimate of drug-likeness (QED) is 0.658. The molecule has 4 rings (SSSR count). The molecule has 0 saturated carbocycles. The Balaban J connectivity index is 1.35. The lowest BCUT2D eigenvalue weighted by Gasteiger charge is -2.16. The van der Waals surface area contributed by atoms with Gasteiger partial charge in [0.2, 0.25) is 5.88 Å². The molecule has 0 radical (unpaired) electrons. The minimum absolute atomic E-state index is 0.0672. The molecule has 1 aliphatic rings. The van der Waals surface area contributed by atoms with Crippen molar-refractivity contribution in [3.8, 4) is 17.1 Å². The van der Waals surface area contributed by atoms with Crippen LogP contribution >= 0.6 is 0 Å². The Bertz CT molecular complexity index is 1220. The number of hydrogen-bond donors (Lipinski definition) is 1. The zero-order chi connectivity index (χ0) is 22.0. The van der Waals surface area contributed by atoms with Gasteiger partial charge in [0.05, 0.1) is 12.3 Å². The fourth-order valence-corrected chi connectivity index (χ4v) is 3.44. The van der Waals surface area contributed by atoms with Crippen LogP contribution in [0.25, 0.3) is 11.3 Å². The summed E-state index contributed by atoms with van der Waals surface area (Å²) >= 11 is 0. The number of H-pyrrole nitrogens is 1. The lowest BCUT2D eigenvalue weighted by Crippen LogP contribution is -2.40. The molecule has 1 N–H and O–H groups in total. The van der Waals surface area contributed by atoms with Gasteiger partial charge in [-0.15, -0.1) is 10.2 Å². The summed E-state index contributed by atoms with van der Waals surface area (Å²) in [6, 6.07) is 9.45. The van der Waals surface area contributed by atoms with Gasteiger partial charge in [0, 0.05) is 43.9 Å². The highest BCUT2D eigenvalue weighted by molar-refractivity contribution is 5.93. The second-order valence-corrected chi connectivity index (χ2v) is 7.36. The van der Waals surface area contributed by atoms with Gasteiger partial charge in [-0.25, -0.2) is 9.18 Å². The molecule has 160 valence electrons. The smallest absolute Gasteiger partial charge is 0.328 e. The number of halogens is 1. The van der Waals surface area contributed by atoms with E-state index in [4.69, 9.17) is 4.74 Å². The number of rotatable bonds is 5. The van der Waals surface area contributed by atoms with Crippen LogP contribution in [0.2, 0.25) is 0 Å². The third-order valence-corrected chi connectivity index (χ3v) is 5.21. The fraction of sp³-hybridized carbons (Fsp3) is 0.286. The van der Waals surface area contributed by atoms with E-state index in [2.05, 4.69) is 15.2 Å². The minimum atomic E-state index is -0.623. The molecule has 1 unspecified atom stereocenters. The molecule has 1 fully saturated rings. The number of amides is 1. The van der Waals surface area contributed by atoms with Gasteiger partial charge >= 0.3 is 5.69 Å². The van der Waals surface area contributed by atoms with Crippen molar-refractivity contribution in [2.24, 2.45) is 13.0 Å². The number of nitrogens with zero attached hydrogens (tertiary/aromatic N) is 4. The first kappa shape index (κ1) is 20.5. The van der Waals surface area contributed by atoms with Crippen molar-refractivity contribution >= 4 is 5.91 Å². The third-order valence-electron chi connectivity index (χ3n) is 5.21. The average molecular weight is 425 g/mol. The predicted molar refractivity (Wildman–Crippen MR) is 109 cm³/mol. The summed E-state index contributed by atoms with van der Waals surface area (Å²) in [5.41, 5.74) is -0.104. The summed E-state index contributed by atoms with van der Waals surface area (Å²) in [6.45, 7) is 1.25. The maximum atomic E-state index is 13.3. The lowest BCUT2D eigenvalue weighted by atomic mass is 10.1. The van der Waals surface area contributed by atoms with E-state index in [0.717, 1.165) is 10.8 Å². The zero-order valence-corrected chi connectivity index (χ0v) is 16.7. The van der Waals surface area contributed by atoms with Gasteiger partial charge in [0.1, 0.15) is 11.4 Å². The highest BCUT2D eigenvalue weighted by Crippen LogP contribution is 2.21. The van der Waals surface area contributed by atoms with E-state index in [0.29, 0.717) is 43.3 Å². The summed E-state index contributed by atoms with van der Waals surface area (Å²) in [6.07, 6.45) is 1.87. The van der Waals surface area contributed by atoms with Gasteiger partial charge in [-0.05, 0) is 24.6 Å². The number of aromatic amines is 1. The molecule has 31 heavy (non-hydrogen) atoms. The average Bonchev–Trinajstić information content (AvgIpc) is 3.25. The van der Waals surface area contributed by atoms with Crippen LogP contribution in [-0.4, -0.2) is 50.3 Å². The van der Waals surface area contributed by atoms with Crippen molar-refractivity contribution in [2.75, 3.05) is 19.7 Å². The molecule has 0 bridgehead atoms. The molecular formula is C21H20FN5O4. The Hall–Kier alpha value is -3.82. The van der Waals surface area contributed by atoms with Crippen molar-refractivity contribution in [1.82, 2.24) is 24.6 Å². The van der Waals surface area contributed by atoms with Crippen LogP contribution in [0.4, 0.5) is 4.39 Å². The van der Waals surface area contributed by atoms with E-state index in [1.54, 1.807) is 29.2 Å². The van der Waals surface area contributed by atoms with Crippen LogP contribution < -0.4 is 16.0 Å². The lowest BCUT2D eigenvalue weighted by molar-refractivity contribution is 0.0779. The third kappa shape index (κ3) is 4.37. The standard InChI is InChI=1S/C21H20FN5O4/c1-26-19(28)16(10-23-21(26)30)20(29)27-8-7-13(11-27)12-31-18-6-5-17(24-25-18)14-3-2-4-15(22)9-14/h2-6,9-10,13H,7-8,11-12H2,1H3,(H,23,30). The molecule has 1 saturated heterocycles. The molecule has 1 aliphatic heterocycles. The summed E-state index contributed by atoms with van der Waals surface area (Å²) in [4.78, 5) is 40.2. The van der Waals surface area contributed by atoms with Crippen molar-refractivity contribution < 1.29 is 13.9 Å². The van der Waals surface area contributed by atoms with Gasteiger partial charge in [0.15, 0.2) is 0 Å². The molecule has 3 aromatic rings. The Morgan fingerprint density at radius 2 is 2.10 bits per heavy atom. The molecule has 1 atom stereocenters. The first-order valence-electron chi connectivity index (χ1n) is 9.73. The molecule has 0 aliphatic carbocycles. The Morgan fingerprint density at radius 3 is 2.84 bits per heavy atom. The first-order chi connectivity index (χ1) is 14.9. The van der Waals surface area contributed by atoms with Crippen LogP contribution in [0.15, 0.2) is 52.2 Å². The number of nitrogens with one attached hydrogen (secondary N) is 1. The highest BCUT2D eigenvalue weighted by Gasteiger charge is 2.29. The number of carbonyl (C=O) groups excluding carboxylic acids is 1. The molecule has 9 nitrogen and oxygen atoms in total. The number of benzene rings is 1. The largest absolute Gasteiger partial charge is 0.476 e. The van der Waals surface area contributed by atoms with Crippen molar-refractivity contribution in [2.45, 2.75) is 6.42 Å². The topological polar surface area (TPSA) is 110 Å². The van der Waals surface area contributed by atoms with Gasteiger partial charge in [-0.1, -0.05) is 12.1 Å². The van der Waals surface area contributed by atoms with Crippen LogP contribution in [0.1, 0.15) is 16.8 Å². The molecule has 3 heterocycles. The van der Waals surface area contributed by atoms with Crippen LogP contribution in [0.3, 0.4) is 0 Å². The van der Waals surface area contributed by atoms with Crippen LogP contribution in [0, 0.1) is 11.7 Å². The van der Waals surface area contributed by atoms with Gasteiger partial charge in [0.25, 0.3) is 11.5 Å². The van der Waals surface area contributed by atoms with E-state index in [9.17, 15) is 18.8 Å². The molecule has 0 spiro atoms. The van der Waals surface area contributed by atoms with E-state index < -0.39 is 17.2 Å². The van der Waals surface area contributed by atoms with E-state index in [1.165, 1.54) is 19.2 Å². The number of ether oxygens (including phenoxy) is 1. The molecule has 2 aromatic heterocycles. The minimum Gasteiger partial charge on any atom is -0.476 e. The zero-order valence-electron chi connectivity index (χ0n) is 16.7.